The Labute approximate surface area is 148 Å². The van der Waals surface area contributed by atoms with Gasteiger partial charge in [-0.25, -0.2) is 0 Å². The number of hydrogen-bond acceptors (Lipinski definition) is 3. The van der Waals surface area contributed by atoms with Crippen molar-refractivity contribution >= 4 is 23.6 Å². The Morgan fingerprint density at radius 1 is 1.08 bits per heavy atom. The first-order valence-electron chi connectivity index (χ1n) is 8.41. The summed E-state index contributed by atoms with van der Waals surface area (Å²) in [5, 5.41) is 0. The van der Waals surface area contributed by atoms with E-state index in [9.17, 15) is 4.79 Å². The van der Waals surface area contributed by atoms with E-state index in [1.807, 2.05) is 66.4 Å². The third-order valence-electron chi connectivity index (χ3n) is 3.37. The maximum absolute atomic E-state index is 12.3. The molecule has 0 N–H and O–H groups in total. The molecule has 0 radical (unpaired) electrons. The number of carbonyl (C=O) groups is 1. The summed E-state index contributed by atoms with van der Waals surface area (Å²) < 4.78 is 5.61. The lowest BCUT2D eigenvalue weighted by Gasteiger charge is -2.04. The van der Waals surface area contributed by atoms with Crippen molar-refractivity contribution < 1.29 is 9.53 Å². The predicted octanol–water partition coefficient (Wildman–Crippen LogP) is 5.87. The van der Waals surface area contributed by atoms with Gasteiger partial charge < -0.3 is 4.74 Å². The molecule has 2 aromatic rings. The lowest BCUT2D eigenvalue weighted by Crippen LogP contribution is -1.95. The second kappa shape index (κ2) is 9.99. The fourth-order valence-corrected chi connectivity index (χ4v) is 2.90. The van der Waals surface area contributed by atoms with Crippen molar-refractivity contribution in [2.45, 2.75) is 31.6 Å². The number of benzene rings is 2. The molecule has 0 spiro atoms. The molecule has 24 heavy (non-hydrogen) atoms. The van der Waals surface area contributed by atoms with Crippen LogP contribution in [0.15, 0.2) is 59.5 Å². The Balaban J connectivity index is 1.99. The van der Waals surface area contributed by atoms with E-state index in [1.165, 1.54) is 4.90 Å². The van der Waals surface area contributed by atoms with Crippen molar-refractivity contribution in [1.82, 2.24) is 0 Å². The van der Waals surface area contributed by atoms with Gasteiger partial charge in [0.05, 0.1) is 6.61 Å². The summed E-state index contributed by atoms with van der Waals surface area (Å²) in [5.74, 6) is 1.95. The van der Waals surface area contributed by atoms with Gasteiger partial charge in [0.15, 0.2) is 5.78 Å². The van der Waals surface area contributed by atoms with E-state index in [0.717, 1.165) is 29.9 Å². The van der Waals surface area contributed by atoms with Crippen LogP contribution in [0.3, 0.4) is 0 Å². The van der Waals surface area contributed by atoms with Crippen LogP contribution in [0.5, 0.6) is 5.75 Å². The van der Waals surface area contributed by atoms with Crippen LogP contribution in [-0.4, -0.2) is 18.1 Å². The molecule has 126 valence electrons. The Bertz CT molecular complexity index is 674. The molecule has 0 unspecified atom stereocenters. The van der Waals surface area contributed by atoms with E-state index in [4.69, 9.17) is 4.74 Å². The molecule has 0 amide bonds. The summed E-state index contributed by atoms with van der Waals surface area (Å²) in [5.41, 5.74) is 1.68. The van der Waals surface area contributed by atoms with Gasteiger partial charge in [0.1, 0.15) is 5.75 Å². The Kier molecular flexibility index (Phi) is 7.63. The van der Waals surface area contributed by atoms with Gasteiger partial charge in [-0.05, 0) is 66.6 Å². The van der Waals surface area contributed by atoms with E-state index in [2.05, 4.69) is 13.8 Å². The number of ether oxygens (including phenoxy) is 1. The molecule has 0 aliphatic carbocycles. The molecule has 2 nitrogen and oxygen atoms in total. The van der Waals surface area contributed by atoms with Gasteiger partial charge in [-0.3, -0.25) is 4.79 Å². The Morgan fingerprint density at radius 3 is 2.58 bits per heavy atom. The molecule has 2 aromatic carbocycles. The van der Waals surface area contributed by atoms with Crippen molar-refractivity contribution in [3.63, 3.8) is 0 Å². The van der Waals surface area contributed by atoms with E-state index in [1.54, 1.807) is 6.08 Å². The van der Waals surface area contributed by atoms with Crippen molar-refractivity contribution in [2.24, 2.45) is 0 Å². The van der Waals surface area contributed by atoms with E-state index >= 15 is 0 Å². The normalized spacial score (nSPS) is 10.9. The van der Waals surface area contributed by atoms with Gasteiger partial charge in [0.2, 0.25) is 0 Å². The number of carbonyl (C=O) groups excluding carboxylic acids is 1. The molecule has 0 aromatic heterocycles. The topological polar surface area (TPSA) is 26.3 Å². The highest BCUT2D eigenvalue weighted by Crippen LogP contribution is 2.20. The van der Waals surface area contributed by atoms with Gasteiger partial charge in [-0.2, -0.15) is 0 Å². The molecular weight excluding hydrogens is 316 g/mol. The maximum Gasteiger partial charge on any atom is 0.185 e. The SMILES string of the molecule is CCCOc1cccc(/C=C/C(=O)c2ccc(SCCC)cc2)c1. The molecule has 0 atom stereocenters. The molecule has 0 saturated heterocycles. The number of thioether (sulfide) groups is 1. The maximum atomic E-state index is 12.3. The summed E-state index contributed by atoms with van der Waals surface area (Å²) in [6, 6.07) is 15.6. The van der Waals surface area contributed by atoms with Crippen LogP contribution in [0.1, 0.15) is 42.6 Å². The van der Waals surface area contributed by atoms with Crippen LogP contribution in [-0.2, 0) is 0 Å². The third-order valence-corrected chi connectivity index (χ3v) is 4.59. The van der Waals surface area contributed by atoms with E-state index in [0.29, 0.717) is 12.2 Å². The minimum absolute atomic E-state index is 0.0157. The van der Waals surface area contributed by atoms with Gasteiger partial charge in [-0.1, -0.05) is 32.1 Å². The largest absolute Gasteiger partial charge is 0.494 e. The van der Waals surface area contributed by atoms with Gasteiger partial charge >= 0.3 is 0 Å². The average molecular weight is 340 g/mol. The quantitative estimate of drug-likeness (QED) is 0.324. The highest BCUT2D eigenvalue weighted by molar-refractivity contribution is 7.99. The van der Waals surface area contributed by atoms with E-state index in [-0.39, 0.29) is 5.78 Å². The molecule has 0 saturated carbocycles. The molecular formula is C21H24O2S. The van der Waals surface area contributed by atoms with Crippen LogP contribution in [0.2, 0.25) is 0 Å². The zero-order chi connectivity index (χ0) is 17.2. The standard InChI is InChI=1S/C21H24O2S/c1-3-14-23-19-7-5-6-17(16-19)8-13-21(22)18-9-11-20(12-10-18)24-15-4-2/h5-13,16H,3-4,14-15H2,1-2H3/b13-8+. The average Bonchev–Trinajstić information content (AvgIpc) is 2.63. The fourth-order valence-electron chi connectivity index (χ4n) is 2.13. The summed E-state index contributed by atoms with van der Waals surface area (Å²) in [6.45, 7) is 4.95. The first-order chi connectivity index (χ1) is 11.7. The highest BCUT2D eigenvalue weighted by Gasteiger charge is 2.02. The zero-order valence-corrected chi connectivity index (χ0v) is 15.1. The Hall–Kier alpha value is -2.00. The third kappa shape index (κ3) is 5.89. The molecule has 0 aliphatic heterocycles. The van der Waals surface area contributed by atoms with Crippen LogP contribution in [0, 0.1) is 0 Å². The van der Waals surface area contributed by atoms with Crippen LogP contribution >= 0.6 is 11.8 Å². The minimum atomic E-state index is 0.0157. The van der Waals surface area contributed by atoms with Gasteiger partial charge in [0, 0.05) is 10.5 Å². The number of allylic oxidation sites excluding steroid dienone is 1. The highest BCUT2D eigenvalue weighted by atomic mass is 32.2. The van der Waals surface area contributed by atoms with Crippen molar-refractivity contribution in [3.05, 3.63) is 65.7 Å². The Morgan fingerprint density at radius 2 is 1.88 bits per heavy atom. The monoisotopic (exact) mass is 340 g/mol. The number of hydrogen-bond donors (Lipinski definition) is 0. The first-order valence-corrected chi connectivity index (χ1v) is 9.39. The minimum Gasteiger partial charge on any atom is -0.494 e. The summed E-state index contributed by atoms with van der Waals surface area (Å²) in [7, 11) is 0. The van der Waals surface area contributed by atoms with Crippen molar-refractivity contribution in [3.8, 4) is 5.75 Å². The summed E-state index contributed by atoms with van der Waals surface area (Å²) in [6.07, 6.45) is 5.58. The molecule has 0 bridgehead atoms. The van der Waals surface area contributed by atoms with E-state index < -0.39 is 0 Å². The van der Waals surface area contributed by atoms with Crippen molar-refractivity contribution in [2.75, 3.05) is 12.4 Å². The molecule has 2 rings (SSSR count). The molecule has 0 heterocycles. The zero-order valence-electron chi connectivity index (χ0n) is 14.3. The summed E-state index contributed by atoms with van der Waals surface area (Å²) >= 11 is 1.82. The second-order valence-electron chi connectivity index (χ2n) is 5.49. The lowest BCUT2D eigenvalue weighted by atomic mass is 10.1. The molecule has 3 heteroatoms. The smallest absolute Gasteiger partial charge is 0.185 e. The van der Waals surface area contributed by atoms with Crippen molar-refractivity contribution in [1.29, 1.82) is 0 Å². The predicted molar refractivity (Wildman–Crippen MR) is 103 cm³/mol. The number of ketones is 1. The summed E-state index contributed by atoms with van der Waals surface area (Å²) in [4.78, 5) is 13.5. The number of rotatable bonds is 9. The second-order valence-corrected chi connectivity index (χ2v) is 6.66. The van der Waals surface area contributed by atoms with Gasteiger partial charge in [0.25, 0.3) is 0 Å². The molecule has 0 aliphatic rings. The van der Waals surface area contributed by atoms with Gasteiger partial charge in [-0.15, -0.1) is 11.8 Å². The first kappa shape index (κ1) is 18.3. The lowest BCUT2D eigenvalue weighted by molar-refractivity contribution is 0.104. The molecule has 0 fully saturated rings. The van der Waals surface area contributed by atoms with Crippen LogP contribution < -0.4 is 4.74 Å². The fraction of sp³-hybridized carbons (Fsp3) is 0.286. The van der Waals surface area contributed by atoms with Crippen LogP contribution in [0.4, 0.5) is 0 Å². The van der Waals surface area contributed by atoms with Crippen LogP contribution in [0.25, 0.3) is 6.08 Å².